The van der Waals surface area contributed by atoms with Gasteiger partial charge in [-0.15, -0.1) is 0 Å². The van der Waals surface area contributed by atoms with E-state index in [1.807, 2.05) is 12.1 Å². The fourth-order valence-corrected chi connectivity index (χ4v) is 2.03. The topological polar surface area (TPSA) is 56.8 Å². The van der Waals surface area contributed by atoms with Crippen LogP contribution < -0.4 is 14.8 Å². The first-order valence-corrected chi connectivity index (χ1v) is 7.94. The van der Waals surface area contributed by atoms with Crippen molar-refractivity contribution < 1.29 is 19.0 Å². The van der Waals surface area contributed by atoms with Crippen molar-refractivity contribution in [1.82, 2.24) is 5.32 Å². The molecule has 1 rings (SSSR count). The molecule has 0 fully saturated rings. The zero-order valence-electron chi connectivity index (χ0n) is 12.5. The SMILES string of the molecule is COc1ccc(CC(=O)NCCCOCCBr)cc1OC. The summed E-state index contributed by atoms with van der Waals surface area (Å²) < 4.78 is 15.7. The van der Waals surface area contributed by atoms with Crippen LogP contribution in [0.3, 0.4) is 0 Å². The Hall–Kier alpha value is -1.27. The zero-order chi connectivity index (χ0) is 15.5. The van der Waals surface area contributed by atoms with E-state index in [9.17, 15) is 4.79 Å². The van der Waals surface area contributed by atoms with Crippen LogP contribution in [0.2, 0.25) is 0 Å². The molecule has 118 valence electrons. The Morgan fingerprint density at radius 3 is 2.62 bits per heavy atom. The number of alkyl halides is 1. The fourth-order valence-electron chi connectivity index (χ4n) is 1.80. The van der Waals surface area contributed by atoms with E-state index in [4.69, 9.17) is 14.2 Å². The van der Waals surface area contributed by atoms with Gasteiger partial charge >= 0.3 is 0 Å². The molecule has 21 heavy (non-hydrogen) atoms. The molecule has 0 heterocycles. The third kappa shape index (κ3) is 6.82. The number of rotatable bonds is 10. The lowest BCUT2D eigenvalue weighted by Crippen LogP contribution is -2.26. The van der Waals surface area contributed by atoms with E-state index < -0.39 is 0 Å². The summed E-state index contributed by atoms with van der Waals surface area (Å²) in [6, 6.07) is 5.48. The van der Waals surface area contributed by atoms with Crippen LogP contribution in [0.25, 0.3) is 0 Å². The summed E-state index contributed by atoms with van der Waals surface area (Å²) >= 11 is 3.29. The molecule has 0 unspecified atom stereocenters. The molecule has 6 heteroatoms. The van der Waals surface area contributed by atoms with Gasteiger partial charge in [-0.1, -0.05) is 22.0 Å². The zero-order valence-corrected chi connectivity index (χ0v) is 14.1. The number of methoxy groups -OCH3 is 2. The predicted molar refractivity (Wildman–Crippen MR) is 85.5 cm³/mol. The molecule has 0 aromatic heterocycles. The van der Waals surface area contributed by atoms with Crippen LogP contribution in [-0.2, 0) is 16.0 Å². The number of amides is 1. The standard InChI is InChI=1S/C15H22BrNO4/c1-19-13-5-4-12(10-14(13)20-2)11-15(18)17-7-3-8-21-9-6-16/h4-5,10H,3,6-9,11H2,1-2H3,(H,17,18). The molecule has 0 saturated carbocycles. The highest BCUT2D eigenvalue weighted by Crippen LogP contribution is 2.27. The molecule has 0 atom stereocenters. The van der Waals surface area contributed by atoms with Gasteiger partial charge < -0.3 is 19.5 Å². The molecule has 0 radical (unpaired) electrons. The van der Waals surface area contributed by atoms with Crippen LogP contribution in [0.1, 0.15) is 12.0 Å². The molecule has 0 spiro atoms. The average molecular weight is 360 g/mol. The van der Waals surface area contributed by atoms with Crippen LogP contribution in [0.15, 0.2) is 18.2 Å². The van der Waals surface area contributed by atoms with E-state index in [0.717, 1.165) is 17.3 Å². The van der Waals surface area contributed by atoms with Gasteiger partial charge in [-0.2, -0.15) is 0 Å². The predicted octanol–water partition coefficient (Wildman–Crippen LogP) is 2.16. The van der Waals surface area contributed by atoms with Crippen LogP contribution in [-0.4, -0.2) is 45.2 Å². The van der Waals surface area contributed by atoms with Crippen molar-refractivity contribution in [3.05, 3.63) is 23.8 Å². The monoisotopic (exact) mass is 359 g/mol. The van der Waals surface area contributed by atoms with Gasteiger partial charge in [0.2, 0.25) is 5.91 Å². The number of benzene rings is 1. The van der Waals surface area contributed by atoms with Gasteiger partial charge in [-0.05, 0) is 24.1 Å². The van der Waals surface area contributed by atoms with E-state index >= 15 is 0 Å². The highest BCUT2D eigenvalue weighted by Gasteiger charge is 2.08. The summed E-state index contributed by atoms with van der Waals surface area (Å²) in [5.41, 5.74) is 0.890. The van der Waals surface area contributed by atoms with E-state index in [1.165, 1.54) is 0 Å². The molecule has 1 aromatic carbocycles. The summed E-state index contributed by atoms with van der Waals surface area (Å²) in [4.78, 5) is 11.8. The number of ether oxygens (including phenoxy) is 3. The van der Waals surface area contributed by atoms with Gasteiger partial charge in [0.25, 0.3) is 0 Å². The van der Waals surface area contributed by atoms with Crippen molar-refractivity contribution in [2.75, 3.05) is 39.3 Å². The molecule has 1 amide bonds. The molecular weight excluding hydrogens is 338 g/mol. The van der Waals surface area contributed by atoms with E-state index in [0.29, 0.717) is 37.7 Å². The summed E-state index contributed by atoms with van der Waals surface area (Å²) in [5, 5.41) is 3.70. The maximum Gasteiger partial charge on any atom is 0.224 e. The Balaban J connectivity index is 2.34. The summed E-state index contributed by atoms with van der Waals surface area (Å²) in [6.07, 6.45) is 1.13. The first kappa shape index (κ1) is 17.8. The average Bonchev–Trinajstić information content (AvgIpc) is 2.50. The fraction of sp³-hybridized carbons (Fsp3) is 0.533. The second-order valence-electron chi connectivity index (χ2n) is 4.37. The van der Waals surface area contributed by atoms with Gasteiger partial charge in [0.1, 0.15) is 0 Å². The maximum absolute atomic E-state index is 11.8. The number of carbonyl (C=O) groups excluding carboxylic acids is 1. The Labute approximate surface area is 134 Å². The van der Waals surface area contributed by atoms with Gasteiger partial charge in [-0.3, -0.25) is 4.79 Å². The molecule has 0 aliphatic heterocycles. The Bertz CT molecular complexity index is 440. The minimum Gasteiger partial charge on any atom is -0.493 e. The first-order chi connectivity index (χ1) is 10.2. The van der Waals surface area contributed by atoms with Crippen LogP contribution in [0, 0.1) is 0 Å². The summed E-state index contributed by atoms with van der Waals surface area (Å²) in [5.74, 6) is 1.28. The lowest BCUT2D eigenvalue weighted by atomic mass is 10.1. The van der Waals surface area contributed by atoms with E-state index in [2.05, 4.69) is 21.2 Å². The number of nitrogens with one attached hydrogen (secondary N) is 1. The lowest BCUT2D eigenvalue weighted by molar-refractivity contribution is -0.120. The van der Waals surface area contributed by atoms with Crippen LogP contribution >= 0.6 is 15.9 Å². The maximum atomic E-state index is 11.8. The second kappa shape index (κ2) is 10.5. The third-order valence-electron chi connectivity index (χ3n) is 2.82. The number of hydrogen-bond acceptors (Lipinski definition) is 4. The normalized spacial score (nSPS) is 10.2. The van der Waals surface area contributed by atoms with Crippen molar-refractivity contribution >= 4 is 21.8 Å². The molecule has 0 bridgehead atoms. The quantitative estimate of drug-likeness (QED) is 0.513. The number of carbonyl (C=O) groups is 1. The third-order valence-corrected chi connectivity index (χ3v) is 3.15. The summed E-state index contributed by atoms with van der Waals surface area (Å²) in [7, 11) is 3.16. The van der Waals surface area contributed by atoms with Crippen LogP contribution in [0.5, 0.6) is 11.5 Å². The van der Waals surface area contributed by atoms with Gasteiger partial charge in [0.05, 0.1) is 27.2 Å². The highest BCUT2D eigenvalue weighted by molar-refractivity contribution is 9.09. The summed E-state index contributed by atoms with van der Waals surface area (Å²) in [6.45, 7) is 1.97. The van der Waals surface area contributed by atoms with Crippen molar-refractivity contribution in [2.24, 2.45) is 0 Å². The molecule has 1 N–H and O–H groups in total. The molecule has 0 saturated heterocycles. The molecule has 0 aliphatic rings. The number of halogens is 1. The highest BCUT2D eigenvalue weighted by atomic mass is 79.9. The van der Waals surface area contributed by atoms with Gasteiger partial charge in [0.15, 0.2) is 11.5 Å². The Morgan fingerprint density at radius 1 is 1.19 bits per heavy atom. The van der Waals surface area contributed by atoms with Gasteiger partial charge in [0, 0.05) is 18.5 Å². The minimum absolute atomic E-state index is 0.0114. The van der Waals surface area contributed by atoms with Crippen molar-refractivity contribution in [3.8, 4) is 11.5 Å². The molecular formula is C15H22BrNO4. The van der Waals surface area contributed by atoms with Crippen molar-refractivity contribution in [1.29, 1.82) is 0 Å². The largest absolute Gasteiger partial charge is 0.493 e. The van der Waals surface area contributed by atoms with Crippen molar-refractivity contribution in [3.63, 3.8) is 0 Å². The Morgan fingerprint density at radius 2 is 1.95 bits per heavy atom. The van der Waals surface area contributed by atoms with E-state index in [-0.39, 0.29) is 5.91 Å². The van der Waals surface area contributed by atoms with Gasteiger partial charge in [-0.25, -0.2) is 0 Å². The minimum atomic E-state index is -0.0114. The van der Waals surface area contributed by atoms with E-state index in [1.54, 1.807) is 20.3 Å². The first-order valence-electron chi connectivity index (χ1n) is 6.82. The molecule has 1 aromatic rings. The van der Waals surface area contributed by atoms with Crippen LogP contribution in [0.4, 0.5) is 0 Å². The number of hydrogen-bond donors (Lipinski definition) is 1. The smallest absolute Gasteiger partial charge is 0.224 e. The second-order valence-corrected chi connectivity index (χ2v) is 5.16. The van der Waals surface area contributed by atoms with Crippen molar-refractivity contribution in [2.45, 2.75) is 12.8 Å². The lowest BCUT2D eigenvalue weighted by Gasteiger charge is -2.10. The molecule has 0 aliphatic carbocycles. The Kier molecular flexibility index (Phi) is 8.85. The molecule has 5 nitrogen and oxygen atoms in total.